The number of alkyl halides is 1. The number of halogens is 1. The van der Waals surface area contributed by atoms with Crippen LogP contribution in [0, 0.1) is 0 Å². The van der Waals surface area contributed by atoms with Crippen LogP contribution in [0.1, 0.15) is 13.2 Å². The first kappa shape index (κ1) is 25.6. The molecule has 1 aliphatic heterocycles. The second kappa shape index (κ2) is 8.68. The van der Waals surface area contributed by atoms with Crippen molar-refractivity contribution in [2.75, 3.05) is 6.61 Å². The van der Waals surface area contributed by atoms with E-state index >= 15 is 0 Å². The fourth-order valence-corrected chi connectivity index (χ4v) is 5.76. The van der Waals surface area contributed by atoms with Gasteiger partial charge < -0.3 is 29.4 Å². The molecule has 6 N–H and O–H groups in total. The van der Waals surface area contributed by atoms with E-state index in [1.807, 2.05) is 4.98 Å². The molecule has 0 radical (unpaired) electrons. The predicted molar refractivity (Wildman–Crippen MR) is 95.3 cm³/mol. The van der Waals surface area contributed by atoms with Gasteiger partial charge in [-0.15, -0.1) is 11.6 Å². The highest BCUT2D eigenvalue weighted by molar-refractivity contribution is 7.66. The number of phosphoric acid groups is 3. The van der Waals surface area contributed by atoms with Crippen LogP contribution >= 0.6 is 35.1 Å². The summed E-state index contributed by atoms with van der Waals surface area (Å²) in [6.07, 6.45) is -3.46. The number of rotatable bonds is 8. The minimum absolute atomic E-state index is 0.713. The van der Waals surface area contributed by atoms with E-state index in [0.717, 1.165) is 16.8 Å². The molecule has 172 valence electrons. The zero-order chi connectivity index (χ0) is 23.1. The van der Waals surface area contributed by atoms with Gasteiger partial charge in [0, 0.05) is 12.3 Å². The van der Waals surface area contributed by atoms with Gasteiger partial charge in [0.2, 0.25) is 0 Å². The molecule has 16 nitrogen and oxygen atoms in total. The fourth-order valence-electron chi connectivity index (χ4n) is 2.43. The first-order chi connectivity index (χ1) is 13.4. The smallest absolute Gasteiger partial charge is 0.388 e. The maximum Gasteiger partial charge on any atom is 0.490 e. The van der Waals surface area contributed by atoms with Gasteiger partial charge in [-0.1, -0.05) is 0 Å². The van der Waals surface area contributed by atoms with Crippen molar-refractivity contribution in [2.45, 2.75) is 30.2 Å². The zero-order valence-corrected chi connectivity index (χ0v) is 18.1. The summed E-state index contributed by atoms with van der Waals surface area (Å²) in [4.78, 5) is 58.8. The Kier molecular flexibility index (Phi) is 7.39. The second-order valence-electron chi connectivity index (χ2n) is 6.03. The maximum absolute atomic E-state index is 11.9. The Balaban J connectivity index is 2.13. The molecule has 1 aromatic heterocycles. The van der Waals surface area contributed by atoms with Crippen LogP contribution in [-0.4, -0.2) is 57.9 Å². The Labute approximate surface area is 171 Å². The monoisotopic (exact) mass is 516 g/mol. The molecule has 0 aromatic carbocycles. The van der Waals surface area contributed by atoms with Gasteiger partial charge in [0.05, 0.1) is 6.61 Å². The summed E-state index contributed by atoms with van der Waals surface area (Å²) in [5.41, 5.74) is -1.64. The maximum atomic E-state index is 11.9. The number of aliphatic hydroxyl groups excluding tert-OH is 1. The minimum atomic E-state index is -5.72. The molecule has 0 saturated carbocycles. The molecule has 6 atom stereocenters. The molecule has 1 aliphatic rings. The van der Waals surface area contributed by atoms with Crippen LogP contribution in [0.5, 0.6) is 0 Å². The van der Waals surface area contributed by atoms with Gasteiger partial charge in [0.15, 0.2) is 6.23 Å². The van der Waals surface area contributed by atoms with Gasteiger partial charge in [-0.05, 0) is 6.92 Å². The first-order valence-electron chi connectivity index (χ1n) is 7.56. The normalized spacial score (nSPS) is 31.2. The minimum Gasteiger partial charge on any atom is -0.388 e. The molecule has 0 aliphatic carbocycles. The van der Waals surface area contributed by atoms with Crippen LogP contribution in [0.15, 0.2) is 21.9 Å². The number of aliphatic hydroxyl groups is 1. The van der Waals surface area contributed by atoms with E-state index in [9.17, 15) is 33.3 Å². The van der Waals surface area contributed by atoms with Crippen LogP contribution < -0.4 is 11.2 Å². The van der Waals surface area contributed by atoms with Crippen LogP contribution in [-0.2, 0) is 31.6 Å². The molecule has 30 heavy (non-hydrogen) atoms. The van der Waals surface area contributed by atoms with E-state index in [1.54, 1.807) is 0 Å². The number of H-pyrrole nitrogens is 1. The molecular formula is C10H16ClN2O14P3. The highest BCUT2D eigenvalue weighted by Crippen LogP contribution is 2.66. The molecule has 20 heteroatoms. The lowest BCUT2D eigenvalue weighted by Crippen LogP contribution is -2.42. The Hall–Kier alpha value is -0.700. The summed E-state index contributed by atoms with van der Waals surface area (Å²) in [6, 6.07) is 0.976. The van der Waals surface area contributed by atoms with E-state index in [4.69, 9.17) is 31.0 Å². The van der Waals surface area contributed by atoms with E-state index in [0.29, 0.717) is 0 Å². The van der Waals surface area contributed by atoms with Gasteiger partial charge in [0.25, 0.3) is 5.56 Å². The molecule has 2 heterocycles. The molecule has 0 bridgehead atoms. The first-order valence-corrected chi connectivity index (χ1v) is 12.5. The van der Waals surface area contributed by atoms with Crippen molar-refractivity contribution < 1.29 is 56.3 Å². The quantitative estimate of drug-likeness (QED) is 0.182. The SMILES string of the molecule is C[C@@]1(Cl)[C@H](O)[C@@H](COP(=O)(O)OP(=O)(O)OP(=O)(O)O)O[C@@H]1n1ccc(=O)[nH]c1=O. The summed E-state index contributed by atoms with van der Waals surface area (Å²) in [7, 11) is -16.7. The van der Waals surface area contributed by atoms with Gasteiger partial charge >= 0.3 is 29.2 Å². The number of hydrogen-bond acceptors (Lipinski definition) is 10. The topological polar surface area (TPSA) is 244 Å². The van der Waals surface area contributed by atoms with Crippen LogP contribution in [0.25, 0.3) is 0 Å². The standard InChI is InChI=1S/C10H16ClN2O14P3/c1-10(11)7(15)5(25-8(10)13-3-2-6(14)12-9(13)16)4-24-29(20,21)27-30(22,23)26-28(17,18)19/h2-3,5,7-8,15H,4H2,1H3,(H,20,21)(H,22,23)(H,12,14,16)(H2,17,18,19)/t5-,7-,8+,10-/m1/s1. The van der Waals surface area contributed by atoms with Gasteiger partial charge in [-0.3, -0.25) is 18.9 Å². The van der Waals surface area contributed by atoms with Crippen molar-refractivity contribution >= 4 is 35.1 Å². The summed E-state index contributed by atoms with van der Waals surface area (Å²) < 4.78 is 51.3. The molecular weight excluding hydrogens is 500 g/mol. The number of nitrogens with zero attached hydrogens (tertiary/aromatic N) is 1. The molecule has 0 amide bonds. The molecule has 1 fully saturated rings. The Morgan fingerprint density at radius 2 is 1.80 bits per heavy atom. The summed E-state index contributed by atoms with van der Waals surface area (Å²) in [5.74, 6) is 0. The highest BCUT2D eigenvalue weighted by Gasteiger charge is 2.54. The van der Waals surface area contributed by atoms with E-state index in [2.05, 4.69) is 13.1 Å². The number of nitrogens with one attached hydrogen (secondary N) is 1. The van der Waals surface area contributed by atoms with Gasteiger partial charge in [-0.25, -0.2) is 18.5 Å². The largest absolute Gasteiger partial charge is 0.490 e. The Morgan fingerprint density at radius 3 is 2.33 bits per heavy atom. The third-order valence-electron chi connectivity index (χ3n) is 3.64. The van der Waals surface area contributed by atoms with Crippen LogP contribution in [0.2, 0.25) is 0 Å². The van der Waals surface area contributed by atoms with Gasteiger partial charge in [0.1, 0.15) is 17.1 Å². The van der Waals surface area contributed by atoms with E-state index < -0.39 is 64.6 Å². The summed E-state index contributed by atoms with van der Waals surface area (Å²) >= 11 is 6.22. The number of phosphoric ester groups is 1. The van der Waals surface area contributed by atoms with Crippen molar-refractivity contribution in [3.8, 4) is 0 Å². The second-order valence-corrected chi connectivity index (χ2v) is 11.3. The molecule has 0 spiro atoms. The summed E-state index contributed by atoms with van der Waals surface area (Å²) in [5, 5.41) is 10.3. The van der Waals surface area contributed by atoms with Crippen molar-refractivity contribution in [1.82, 2.24) is 9.55 Å². The molecule has 1 aromatic rings. The average molecular weight is 517 g/mol. The third-order valence-corrected chi connectivity index (χ3v) is 7.85. The number of aromatic amines is 1. The highest BCUT2D eigenvalue weighted by atomic mass is 35.5. The molecule has 1 saturated heterocycles. The molecule has 2 unspecified atom stereocenters. The lowest BCUT2D eigenvalue weighted by Gasteiger charge is -2.26. The lowest BCUT2D eigenvalue weighted by atomic mass is 10.0. The molecule has 2 rings (SSSR count). The van der Waals surface area contributed by atoms with Crippen molar-refractivity contribution in [3.05, 3.63) is 33.1 Å². The van der Waals surface area contributed by atoms with Crippen LogP contribution in [0.3, 0.4) is 0 Å². The summed E-state index contributed by atoms with van der Waals surface area (Å²) in [6.45, 7) is 0.272. The van der Waals surface area contributed by atoms with Crippen LogP contribution in [0.4, 0.5) is 0 Å². The third kappa shape index (κ3) is 6.40. The van der Waals surface area contributed by atoms with Crippen molar-refractivity contribution in [3.63, 3.8) is 0 Å². The van der Waals surface area contributed by atoms with Crippen molar-refractivity contribution in [1.29, 1.82) is 0 Å². The number of hydrogen-bond donors (Lipinski definition) is 6. The van der Waals surface area contributed by atoms with Crippen molar-refractivity contribution in [2.24, 2.45) is 0 Å². The van der Waals surface area contributed by atoms with E-state index in [-0.39, 0.29) is 0 Å². The lowest BCUT2D eigenvalue weighted by molar-refractivity contribution is -0.0460. The number of ether oxygens (including phenoxy) is 1. The van der Waals surface area contributed by atoms with E-state index in [1.165, 1.54) is 6.92 Å². The zero-order valence-electron chi connectivity index (χ0n) is 14.7. The van der Waals surface area contributed by atoms with Gasteiger partial charge in [-0.2, -0.15) is 8.62 Å². The fraction of sp³-hybridized carbons (Fsp3) is 0.600. The Bertz CT molecular complexity index is 1050. The predicted octanol–water partition coefficient (Wildman–Crippen LogP) is -0.864. The average Bonchev–Trinajstić information content (AvgIpc) is 2.73. The number of aromatic nitrogens is 2. The Morgan fingerprint density at radius 1 is 1.20 bits per heavy atom.